The maximum Gasteiger partial charge on any atom is 0.258 e. The number of rotatable bonds is 5. The van der Waals surface area contributed by atoms with Crippen LogP contribution in [0.4, 0.5) is 5.00 Å². The molecule has 0 saturated carbocycles. The molecule has 1 aromatic carbocycles. The van der Waals surface area contributed by atoms with Crippen LogP contribution in [0.2, 0.25) is 0 Å². The second-order valence-electron chi connectivity index (χ2n) is 6.69. The lowest BCUT2D eigenvalue weighted by atomic mass is 10.1. The number of fused-ring (bicyclic) bond motifs is 1. The quantitative estimate of drug-likeness (QED) is 0.449. The lowest BCUT2D eigenvalue weighted by molar-refractivity contribution is 0.0200. The fraction of sp³-hybridized carbons (Fsp3) is 0.316. The molecule has 1 atom stereocenters. The Morgan fingerprint density at radius 2 is 2.14 bits per heavy atom. The van der Waals surface area contributed by atoms with Crippen molar-refractivity contribution in [2.45, 2.75) is 13.0 Å². The Bertz CT molecular complexity index is 1030. The molecule has 1 aliphatic heterocycles. The van der Waals surface area contributed by atoms with E-state index in [1.807, 2.05) is 24.3 Å². The standard InChI is InChI=1S/C19H22N6O2S/c1-11(25-5-7-27-8-6-25)13-9-16(18(21)26)28-19(13)23-17(20)12-3-2-4-15-14(12)10-22-24-15/h2-4,9-11H,5-8H2,1H3,(H2,20,23)(H2,21,26)(H,22,24). The highest BCUT2D eigenvalue weighted by Gasteiger charge is 2.24. The van der Waals surface area contributed by atoms with E-state index in [-0.39, 0.29) is 6.04 Å². The van der Waals surface area contributed by atoms with E-state index in [0.717, 1.165) is 35.1 Å². The SMILES string of the molecule is CC(c1cc(C(N)=O)sc1/N=C(\N)c1cccc2[nH]ncc12)N1CCOCC1. The lowest BCUT2D eigenvalue weighted by Gasteiger charge is -2.32. The van der Waals surface area contributed by atoms with Crippen molar-refractivity contribution in [3.05, 3.63) is 46.5 Å². The van der Waals surface area contributed by atoms with E-state index < -0.39 is 5.91 Å². The number of ether oxygens (including phenoxy) is 1. The number of aromatic amines is 1. The van der Waals surface area contributed by atoms with Gasteiger partial charge in [-0.3, -0.25) is 14.8 Å². The van der Waals surface area contributed by atoms with Crippen molar-refractivity contribution in [3.63, 3.8) is 0 Å². The summed E-state index contributed by atoms with van der Waals surface area (Å²) in [5.41, 5.74) is 14.5. The second-order valence-corrected chi connectivity index (χ2v) is 7.72. The van der Waals surface area contributed by atoms with E-state index in [0.29, 0.717) is 28.9 Å². The topological polar surface area (TPSA) is 123 Å². The monoisotopic (exact) mass is 398 g/mol. The molecular weight excluding hydrogens is 376 g/mol. The minimum atomic E-state index is -0.461. The van der Waals surface area contributed by atoms with Gasteiger partial charge >= 0.3 is 0 Å². The Hall–Kier alpha value is -2.75. The first-order chi connectivity index (χ1) is 13.5. The molecule has 4 rings (SSSR count). The number of amidine groups is 1. The normalized spacial score (nSPS) is 17.1. The Morgan fingerprint density at radius 3 is 2.89 bits per heavy atom. The molecule has 8 nitrogen and oxygen atoms in total. The number of nitrogens with zero attached hydrogens (tertiary/aromatic N) is 3. The van der Waals surface area contributed by atoms with Crippen molar-refractivity contribution in [3.8, 4) is 0 Å². The molecule has 3 heterocycles. The molecule has 5 N–H and O–H groups in total. The number of primary amides is 1. The lowest BCUT2D eigenvalue weighted by Crippen LogP contribution is -2.37. The summed E-state index contributed by atoms with van der Waals surface area (Å²) in [6.07, 6.45) is 1.73. The second kappa shape index (κ2) is 7.70. The molecule has 146 valence electrons. The number of nitrogens with two attached hydrogens (primary N) is 2. The maximum atomic E-state index is 11.8. The summed E-state index contributed by atoms with van der Waals surface area (Å²) in [6, 6.07) is 7.65. The van der Waals surface area contributed by atoms with Crippen LogP contribution in [0.1, 0.15) is 33.8 Å². The van der Waals surface area contributed by atoms with Crippen molar-refractivity contribution in [2.75, 3.05) is 26.3 Å². The molecule has 1 unspecified atom stereocenters. The van der Waals surface area contributed by atoms with Gasteiger partial charge in [0.1, 0.15) is 10.8 Å². The first-order valence-corrected chi connectivity index (χ1v) is 9.88. The number of aliphatic imine (C=N–C) groups is 1. The van der Waals surface area contributed by atoms with Crippen molar-refractivity contribution in [1.29, 1.82) is 0 Å². The van der Waals surface area contributed by atoms with E-state index in [1.165, 1.54) is 11.3 Å². The van der Waals surface area contributed by atoms with Crippen LogP contribution in [0.15, 0.2) is 35.5 Å². The Kier molecular flexibility index (Phi) is 5.12. The number of H-pyrrole nitrogens is 1. The summed E-state index contributed by atoms with van der Waals surface area (Å²) in [6.45, 7) is 5.15. The van der Waals surface area contributed by atoms with Crippen LogP contribution in [0.3, 0.4) is 0 Å². The summed E-state index contributed by atoms with van der Waals surface area (Å²) in [7, 11) is 0. The molecule has 0 bridgehead atoms. The molecule has 28 heavy (non-hydrogen) atoms. The minimum absolute atomic E-state index is 0.0736. The van der Waals surface area contributed by atoms with Gasteiger partial charge in [0.25, 0.3) is 5.91 Å². The summed E-state index contributed by atoms with van der Waals surface area (Å²) in [4.78, 5) is 19.2. The number of nitrogens with one attached hydrogen (secondary N) is 1. The van der Waals surface area contributed by atoms with Crippen LogP contribution in [0, 0.1) is 0 Å². The van der Waals surface area contributed by atoms with Crippen molar-refractivity contribution in [1.82, 2.24) is 15.1 Å². The van der Waals surface area contributed by atoms with Gasteiger partial charge in [0.2, 0.25) is 0 Å². The van der Waals surface area contributed by atoms with Crippen LogP contribution in [-0.4, -0.2) is 53.1 Å². The predicted octanol–water partition coefficient (Wildman–Crippen LogP) is 2.15. The zero-order valence-electron chi connectivity index (χ0n) is 15.5. The smallest absolute Gasteiger partial charge is 0.258 e. The molecule has 1 saturated heterocycles. The highest BCUT2D eigenvalue weighted by atomic mass is 32.1. The van der Waals surface area contributed by atoms with E-state index in [1.54, 1.807) is 6.20 Å². The van der Waals surface area contributed by atoms with Crippen LogP contribution >= 0.6 is 11.3 Å². The van der Waals surface area contributed by atoms with Crippen molar-refractivity contribution in [2.24, 2.45) is 16.5 Å². The molecule has 9 heteroatoms. The fourth-order valence-electron chi connectivity index (χ4n) is 3.43. The number of hydrogen-bond donors (Lipinski definition) is 3. The Balaban J connectivity index is 1.74. The van der Waals surface area contributed by atoms with E-state index >= 15 is 0 Å². The third-order valence-electron chi connectivity index (χ3n) is 5.01. The van der Waals surface area contributed by atoms with Crippen molar-refractivity contribution >= 4 is 39.0 Å². The first kappa shape index (κ1) is 18.6. The largest absolute Gasteiger partial charge is 0.383 e. The average molecular weight is 398 g/mol. The van der Waals surface area contributed by atoms with Gasteiger partial charge in [0, 0.05) is 35.6 Å². The highest BCUT2D eigenvalue weighted by molar-refractivity contribution is 7.17. The van der Waals surface area contributed by atoms with Gasteiger partial charge in [-0.1, -0.05) is 12.1 Å². The molecule has 2 aromatic heterocycles. The van der Waals surface area contributed by atoms with Crippen molar-refractivity contribution < 1.29 is 9.53 Å². The van der Waals surface area contributed by atoms with Crippen LogP contribution in [-0.2, 0) is 4.74 Å². The molecule has 0 spiro atoms. The van der Waals surface area contributed by atoms with Gasteiger partial charge in [-0.15, -0.1) is 11.3 Å². The zero-order chi connectivity index (χ0) is 19.7. The number of benzene rings is 1. The summed E-state index contributed by atoms with van der Waals surface area (Å²) in [5, 5.41) is 8.61. The van der Waals surface area contributed by atoms with Crippen LogP contribution in [0.25, 0.3) is 10.9 Å². The molecular formula is C19H22N6O2S. The van der Waals surface area contributed by atoms with Gasteiger partial charge in [0.05, 0.1) is 29.8 Å². The fourth-order valence-corrected chi connectivity index (χ4v) is 4.41. The molecule has 0 radical (unpaired) electrons. The van der Waals surface area contributed by atoms with E-state index in [9.17, 15) is 4.79 Å². The number of aromatic nitrogens is 2. The summed E-state index contributed by atoms with van der Waals surface area (Å²) < 4.78 is 5.45. The maximum absolute atomic E-state index is 11.8. The molecule has 3 aromatic rings. The Morgan fingerprint density at radius 1 is 1.36 bits per heavy atom. The average Bonchev–Trinajstić information content (AvgIpc) is 3.35. The number of hydrogen-bond acceptors (Lipinski definition) is 6. The predicted molar refractivity (Wildman–Crippen MR) is 110 cm³/mol. The third-order valence-corrected chi connectivity index (χ3v) is 6.07. The van der Waals surface area contributed by atoms with Gasteiger partial charge in [-0.2, -0.15) is 5.10 Å². The number of carbonyl (C=O) groups excluding carboxylic acids is 1. The highest BCUT2D eigenvalue weighted by Crippen LogP contribution is 2.38. The molecule has 1 fully saturated rings. The summed E-state index contributed by atoms with van der Waals surface area (Å²) in [5.74, 6) is -0.0855. The molecule has 0 aliphatic carbocycles. The number of thiophene rings is 1. The molecule has 1 amide bonds. The number of amides is 1. The van der Waals surface area contributed by atoms with Crippen LogP contribution in [0.5, 0.6) is 0 Å². The third kappa shape index (κ3) is 3.51. The van der Waals surface area contributed by atoms with E-state index in [4.69, 9.17) is 16.2 Å². The van der Waals surface area contributed by atoms with Gasteiger partial charge in [0.15, 0.2) is 0 Å². The summed E-state index contributed by atoms with van der Waals surface area (Å²) >= 11 is 1.27. The van der Waals surface area contributed by atoms with Crippen LogP contribution < -0.4 is 11.5 Å². The van der Waals surface area contributed by atoms with Gasteiger partial charge in [-0.25, -0.2) is 4.99 Å². The minimum Gasteiger partial charge on any atom is -0.383 e. The van der Waals surface area contributed by atoms with Gasteiger partial charge in [-0.05, 0) is 19.1 Å². The van der Waals surface area contributed by atoms with Gasteiger partial charge < -0.3 is 16.2 Å². The zero-order valence-corrected chi connectivity index (χ0v) is 16.3. The molecule has 1 aliphatic rings. The number of carbonyl (C=O) groups is 1. The number of morpholine rings is 1. The Labute approximate surface area is 166 Å². The first-order valence-electron chi connectivity index (χ1n) is 9.06. The van der Waals surface area contributed by atoms with E-state index in [2.05, 4.69) is 27.0 Å².